The van der Waals surface area contributed by atoms with Crippen LogP contribution >= 0.6 is 15.9 Å². The topological polar surface area (TPSA) is 61.9 Å². The lowest BCUT2D eigenvalue weighted by atomic mass is 10.2. The molecule has 0 atom stereocenters. The van der Waals surface area contributed by atoms with Crippen LogP contribution in [0.2, 0.25) is 0 Å². The van der Waals surface area contributed by atoms with Crippen LogP contribution in [0.4, 0.5) is 0 Å². The maximum absolute atomic E-state index is 12.2. The number of hydrogen-bond acceptors (Lipinski definition) is 3. The first-order valence-corrected chi connectivity index (χ1v) is 7.30. The largest absolute Gasteiger partial charge is 0.335 e. The summed E-state index contributed by atoms with van der Waals surface area (Å²) in [4.78, 5) is 18.0. The summed E-state index contributed by atoms with van der Waals surface area (Å²) >= 11 is 3.39. The molecule has 0 aliphatic heterocycles. The molecule has 1 aromatic carbocycles. The number of aromatic amines is 1. The quantitative estimate of drug-likeness (QED) is 0.913. The van der Waals surface area contributed by atoms with Crippen LogP contribution in [0.3, 0.4) is 0 Å². The van der Waals surface area contributed by atoms with Gasteiger partial charge < -0.3 is 4.90 Å². The van der Waals surface area contributed by atoms with Crippen LogP contribution in [-0.2, 0) is 13.0 Å². The summed E-state index contributed by atoms with van der Waals surface area (Å²) in [7, 11) is 1.75. The van der Waals surface area contributed by atoms with Gasteiger partial charge in [0, 0.05) is 24.5 Å². The molecule has 2 aromatic rings. The number of carbonyl (C=O) groups excluding carboxylic acids is 1. The molecule has 0 radical (unpaired) electrons. The Labute approximate surface area is 126 Å². The molecular formula is C14H17BrN4O. The van der Waals surface area contributed by atoms with Crippen molar-refractivity contribution in [2.75, 3.05) is 7.05 Å². The second kappa shape index (κ2) is 6.65. The van der Waals surface area contributed by atoms with E-state index in [1.807, 2.05) is 24.3 Å². The van der Waals surface area contributed by atoms with Crippen LogP contribution < -0.4 is 0 Å². The van der Waals surface area contributed by atoms with Crippen molar-refractivity contribution in [1.29, 1.82) is 0 Å². The van der Waals surface area contributed by atoms with Gasteiger partial charge in [0.2, 0.25) is 5.82 Å². The van der Waals surface area contributed by atoms with Gasteiger partial charge in [-0.25, -0.2) is 4.98 Å². The van der Waals surface area contributed by atoms with Crippen LogP contribution in [0, 0.1) is 0 Å². The molecule has 106 valence electrons. The minimum atomic E-state index is -0.175. The number of halogens is 1. The molecule has 0 unspecified atom stereocenters. The molecule has 0 aliphatic rings. The molecule has 6 heteroatoms. The molecule has 2 rings (SSSR count). The Morgan fingerprint density at radius 3 is 2.70 bits per heavy atom. The minimum Gasteiger partial charge on any atom is -0.335 e. The highest BCUT2D eigenvalue weighted by Gasteiger charge is 2.17. The summed E-state index contributed by atoms with van der Waals surface area (Å²) < 4.78 is 1.02. The standard InChI is InChI=1S/C14H17BrN4O/c1-3-4-12-16-13(18-17-12)14(20)19(2)9-10-5-7-11(15)8-6-10/h5-8H,3-4,9H2,1-2H3,(H,16,17,18). The van der Waals surface area contributed by atoms with Gasteiger partial charge in [0.05, 0.1) is 0 Å². The van der Waals surface area contributed by atoms with Crippen LogP contribution in [-0.4, -0.2) is 33.0 Å². The maximum atomic E-state index is 12.2. The molecule has 0 saturated carbocycles. The first kappa shape index (κ1) is 14.7. The third-order valence-electron chi connectivity index (χ3n) is 2.89. The summed E-state index contributed by atoms with van der Waals surface area (Å²) in [6.45, 7) is 2.59. The van der Waals surface area contributed by atoms with E-state index in [1.54, 1.807) is 11.9 Å². The van der Waals surface area contributed by atoms with Crippen molar-refractivity contribution < 1.29 is 4.79 Å². The first-order chi connectivity index (χ1) is 9.60. The van der Waals surface area contributed by atoms with E-state index in [9.17, 15) is 4.79 Å². The number of benzene rings is 1. The Morgan fingerprint density at radius 1 is 1.35 bits per heavy atom. The molecule has 0 bridgehead atoms. The van der Waals surface area contributed by atoms with E-state index >= 15 is 0 Å². The fourth-order valence-corrected chi connectivity index (χ4v) is 2.11. The molecule has 1 amide bonds. The fraction of sp³-hybridized carbons (Fsp3) is 0.357. The number of nitrogens with zero attached hydrogens (tertiary/aromatic N) is 3. The smallest absolute Gasteiger partial charge is 0.293 e. The molecule has 0 aliphatic carbocycles. The lowest BCUT2D eigenvalue weighted by molar-refractivity contribution is 0.0773. The Hall–Kier alpha value is -1.69. The highest BCUT2D eigenvalue weighted by atomic mass is 79.9. The average Bonchev–Trinajstić information content (AvgIpc) is 2.89. The van der Waals surface area contributed by atoms with Gasteiger partial charge in [0.25, 0.3) is 5.91 Å². The summed E-state index contributed by atoms with van der Waals surface area (Å²) in [5.74, 6) is 0.812. The molecule has 5 nitrogen and oxygen atoms in total. The Balaban J connectivity index is 2.02. The van der Waals surface area contributed by atoms with Gasteiger partial charge in [0.15, 0.2) is 0 Å². The normalized spacial score (nSPS) is 10.6. The Bertz CT molecular complexity index is 579. The van der Waals surface area contributed by atoms with E-state index in [4.69, 9.17) is 0 Å². The van der Waals surface area contributed by atoms with Crippen molar-refractivity contribution in [3.8, 4) is 0 Å². The number of nitrogens with one attached hydrogen (secondary N) is 1. The SMILES string of the molecule is CCCc1nc(C(=O)N(C)Cc2ccc(Br)cc2)n[nH]1. The van der Waals surface area contributed by atoms with E-state index in [0.717, 1.165) is 28.7 Å². The van der Waals surface area contributed by atoms with Gasteiger partial charge in [-0.05, 0) is 24.1 Å². The van der Waals surface area contributed by atoms with E-state index in [1.165, 1.54) is 0 Å². The van der Waals surface area contributed by atoms with Gasteiger partial charge in [-0.1, -0.05) is 35.0 Å². The van der Waals surface area contributed by atoms with Gasteiger partial charge in [-0.2, -0.15) is 0 Å². The van der Waals surface area contributed by atoms with E-state index < -0.39 is 0 Å². The summed E-state index contributed by atoms with van der Waals surface area (Å²) in [5.41, 5.74) is 1.06. The lowest BCUT2D eigenvalue weighted by Crippen LogP contribution is -2.27. The molecule has 1 N–H and O–H groups in total. The predicted octanol–water partition coefficient (Wildman–Crippen LogP) is 2.79. The van der Waals surface area contributed by atoms with Gasteiger partial charge in [-0.3, -0.25) is 9.89 Å². The Kier molecular flexibility index (Phi) is 4.89. The zero-order valence-corrected chi connectivity index (χ0v) is 13.1. The van der Waals surface area contributed by atoms with Crippen molar-refractivity contribution in [3.05, 3.63) is 46.0 Å². The zero-order valence-electron chi connectivity index (χ0n) is 11.6. The predicted molar refractivity (Wildman–Crippen MR) is 80.3 cm³/mol. The summed E-state index contributed by atoms with van der Waals surface area (Å²) in [6.07, 6.45) is 1.77. The van der Waals surface area contributed by atoms with E-state index in [0.29, 0.717) is 6.54 Å². The second-order valence-corrected chi connectivity index (χ2v) is 5.56. The molecule has 0 spiro atoms. The van der Waals surface area contributed by atoms with Gasteiger partial charge in [-0.15, -0.1) is 5.10 Å². The van der Waals surface area contributed by atoms with Crippen molar-refractivity contribution in [1.82, 2.24) is 20.1 Å². The van der Waals surface area contributed by atoms with Crippen molar-refractivity contribution in [2.45, 2.75) is 26.3 Å². The number of hydrogen-bond donors (Lipinski definition) is 1. The summed E-state index contributed by atoms with van der Waals surface area (Å²) in [6, 6.07) is 7.88. The second-order valence-electron chi connectivity index (χ2n) is 4.64. The minimum absolute atomic E-state index is 0.175. The molecule has 1 aromatic heterocycles. The Morgan fingerprint density at radius 2 is 2.05 bits per heavy atom. The third-order valence-corrected chi connectivity index (χ3v) is 3.42. The molecule has 20 heavy (non-hydrogen) atoms. The van der Waals surface area contributed by atoms with Crippen molar-refractivity contribution >= 4 is 21.8 Å². The number of aryl methyl sites for hydroxylation is 1. The number of rotatable bonds is 5. The van der Waals surface area contributed by atoms with Crippen LogP contribution in [0.1, 0.15) is 35.4 Å². The lowest BCUT2D eigenvalue weighted by Gasteiger charge is -2.15. The van der Waals surface area contributed by atoms with Crippen LogP contribution in [0.25, 0.3) is 0 Å². The first-order valence-electron chi connectivity index (χ1n) is 6.51. The molecule has 0 saturated heterocycles. The molecule has 1 heterocycles. The van der Waals surface area contributed by atoms with Gasteiger partial charge in [0.1, 0.15) is 5.82 Å². The third kappa shape index (κ3) is 3.66. The van der Waals surface area contributed by atoms with Crippen molar-refractivity contribution in [2.24, 2.45) is 0 Å². The highest BCUT2D eigenvalue weighted by Crippen LogP contribution is 2.12. The fourth-order valence-electron chi connectivity index (χ4n) is 1.85. The monoisotopic (exact) mass is 336 g/mol. The van der Waals surface area contributed by atoms with Crippen LogP contribution in [0.5, 0.6) is 0 Å². The molecular weight excluding hydrogens is 320 g/mol. The number of carbonyl (C=O) groups is 1. The number of H-pyrrole nitrogens is 1. The number of aromatic nitrogens is 3. The average molecular weight is 337 g/mol. The molecule has 0 fully saturated rings. The maximum Gasteiger partial charge on any atom is 0.293 e. The van der Waals surface area contributed by atoms with Crippen LogP contribution in [0.15, 0.2) is 28.7 Å². The zero-order chi connectivity index (χ0) is 14.5. The summed E-state index contributed by atoms with van der Waals surface area (Å²) in [5, 5.41) is 6.78. The van der Waals surface area contributed by atoms with E-state index in [-0.39, 0.29) is 11.7 Å². The van der Waals surface area contributed by atoms with Gasteiger partial charge >= 0.3 is 0 Å². The number of amides is 1. The van der Waals surface area contributed by atoms with E-state index in [2.05, 4.69) is 38.0 Å². The highest BCUT2D eigenvalue weighted by molar-refractivity contribution is 9.10. The van der Waals surface area contributed by atoms with Crippen molar-refractivity contribution in [3.63, 3.8) is 0 Å².